The minimum absolute atomic E-state index is 0.107. The monoisotopic (exact) mass is 651 g/mol. The molecule has 0 radical (unpaired) electrons. The summed E-state index contributed by atoms with van der Waals surface area (Å²) >= 11 is 30.7. The van der Waals surface area contributed by atoms with Gasteiger partial charge in [-0.2, -0.15) is 0 Å². The summed E-state index contributed by atoms with van der Waals surface area (Å²) in [6.07, 6.45) is -0.975. The van der Waals surface area contributed by atoms with Gasteiger partial charge in [0.25, 0.3) is 0 Å². The molecule has 1 atom stereocenters. The van der Waals surface area contributed by atoms with Gasteiger partial charge >= 0.3 is 0 Å². The summed E-state index contributed by atoms with van der Waals surface area (Å²) in [6.45, 7) is 0. The van der Waals surface area contributed by atoms with Crippen molar-refractivity contribution in [2.24, 2.45) is 0 Å². The highest BCUT2D eigenvalue weighted by Crippen LogP contribution is 2.35. The predicted octanol–water partition coefficient (Wildman–Crippen LogP) is 6.72. The number of hydrogen-bond donors (Lipinski definition) is 3. The zero-order valence-corrected chi connectivity index (χ0v) is 23.4. The fourth-order valence-electron chi connectivity index (χ4n) is 3.10. The molecule has 0 bridgehead atoms. The highest BCUT2D eigenvalue weighted by atomic mass is 79.9. The van der Waals surface area contributed by atoms with Crippen molar-refractivity contribution in [3.8, 4) is 5.75 Å². The van der Waals surface area contributed by atoms with Gasteiger partial charge in [0.1, 0.15) is 11.9 Å². The van der Waals surface area contributed by atoms with E-state index in [0.717, 1.165) is 16.3 Å². The standard InChI is InChI=1S/C22H18Br2Cl3N3O2S/c1-32-14-10-16(23)19(17(24)11-14)29-21(33)30-20(22(25,26)27)28-18(31)9-13-7-4-6-12-5-2-3-8-15(12)13/h2-8,10-11,20H,9H2,1H3,(H,28,31)(H2,29,30,33)/t20-/m1/s1. The molecule has 0 fully saturated rings. The number of rotatable bonds is 6. The lowest BCUT2D eigenvalue weighted by molar-refractivity contribution is -0.121. The van der Waals surface area contributed by atoms with Crippen LogP contribution in [0.2, 0.25) is 0 Å². The van der Waals surface area contributed by atoms with Gasteiger partial charge in [-0.25, -0.2) is 0 Å². The fraction of sp³-hybridized carbons (Fsp3) is 0.182. The second-order valence-electron chi connectivity index (χ2n) is 6.92. The van der Waals surface area contributed by atoms with E-state index in [-0.39, 0.29) is 17.4 Å². The van der Waals surface area contributed by atoms with E-state index in [4.69, 9.17) is 51.8 Å². The molecule has 0 aliphatic carbocycles. The first-order valence-corrected chi connectivity index (χ1v) is 12.6. The van der Waals surface area contributed by atoms with Gasteiger partial charge in [-0.1, -0.05) is 77.3 Å². The number of fused-ring (bicyclic) bond motifs is 1. The number of anilines is 1. The maximum atomic E-state index is 12.8. The molecule has 0 heterocycles. The minimum Gasteiger partial charge on any atom is -0.497 e. The van der Waals surface area contributed by atoms with Gasteiger partial charge in [0, 0.05) is 8.95 Å². The number of benzene rings is 3. The van der Waals surface area contributed by atoms with Gasteiger partial charge in [0.05, 0.1) is 19.2 Å². The number of nitrogens with one attached hydrogen (secondary N) is 3. The summed E-state index contributed by atoms with van der Waals surface area (Å²) in [5, 5.41) is 10.8. The van der Waals surface area contributed by atoms with E-state index in [1.165, 1.54) is 0 Å². The molecule has 0 aliphatic heterocycles. The molecule has 5 nitrogen and oxygen atoms in total. The average Bonchev–Trinajstić information content (AvgIpc) is 2.75. The van der Waals surface area contributed by atoms with E-state index >= 15 is 0 Å². The van der Waals surface area contributed by atoms with Gasteiger partial charge < -0.3 is 20.7 Å². The third-order valence-electron chi connectivity index (χ3n) is 4.63. The Morgan fingerprint density at radius 2 is 1.70 bits per heavy atom. The van der Waals surface area contributed by atoms with Gasteiger partial charge in [-0.3, -0.25) is 4.79 Å². The second-order valence-corrected chi connectivity index (χ2v) is 11.4. The van der Waals surface area contributed by atoms with E-state index in [1.807, 2.05) is 42.5 Å². The summed E-state index contributed by atoms with van der Waals surface area (Å²) in [4.78, 5) is 12.8. The summed E-state index contributed by atoms with van der Waals surface area (Å²) in [7, 11) is 1.57. The number of carbonyl (C=O) groups is 1. The van der Waals surface area contributed by atoms with Crippen LogP contribution in [0.25, 0.3) is 10.8 Å². The van der Waals surface area contributed by atoms with Crippen molar-refractivity contribution in [1.82, 2.24) is 10.6 Å². The number of thiocarbonyl (C=S) groups is 1. The van der Waals surface area contributed by atoms with Gasteiger partial charge in [-0.05, 0) is 72.5 Å². The molecular weight excluding hydrogens is 636 g/mol. The molecular formula is C22H18Br2Cl3N3O2S. The molecule has 11 heteroatoms. The van der Waals surface area contributed by atoms with Crippen molar-refractivity contribution in [2.45, 2.75) is 16.4 Å². The number of methoxy groups -OCH3 is 1. The predicted molar refractivity (Wildman–Crippen MR) is 148 cm³/mol. The molecule has 3 rings (SSSR count). The van der Waals surface area contributed by atoms with Crippen LogP contribution < -0.4 is 20.7 Å². The van der Waals surface area contributed by atoms with Crippen molar-refractivity contribution >= 4 is 106 Å². The largest absolute Gasteiger partial charge is 0.497 e. The quantitative estimate of drug-likeness (QED) is 0.157. The first kappa shape index (κ1) is 26.3. The number of alkyl halides is 3. The Balaban J connectivity index is 1.71. The van der Waals surface area contributed by atoms with E-state index in [0.29, 0.717) is 20.4 Å². The molecule has 3 N–H and O–H groups in total. The molecule has 0 spiro atoms. The Labute approximate surface area is 228 Å². The first-order chi connectivity index (χ1) is 15.6. The van der Waals surface area contributed by atoms with Crippen molar-refractivity contribution in [3.63, 3.8) is 0 Å². The van der Waals surface area contributed by atoms with Gasteiger partial charge in [0.15, 0.2) is 5.11 Å². The van der Waals surface area contributed by atoms with E-state index in [9.17, 15) is 4.79 Å². The van der Waals surface area contributed by atoms with E-state index in [2.05, 4.69) is 47.8 Å². The van der Waals surface area contributed by atoms with E-state index < -0.39 is 9.96 Å². The van der Waals surface area contributed by atoms with Crippen LogP contribution in [0.15, 0.2) is 63.5 Å². The summed E-state index contributed by atoms with van der Waals surface area (Å²) in [5.41, 5.74) is 1.50. The first-order valence-electron chi connectivity index (χ1n) is 9.51. The Hall–Kier alpha value is -1.29. The smallest absolute Gasteiger partial charge is 0.228 e. The average molecular weight is 655 g/mol. The molecule has 0 unspecified atom stereocenters. The Bertz CT molecular complexity index is 1160. The van der Waals surface area contributed by atoms with Crippen LogP contribution >= 0.6 is 78.9 Å². The molecule has 3 aromatic rings. The second kappa shape index (κ2) is 11.4. The zero-order chi connectivity index (χ0) is 24.2. The molecule has 33 heavy (non-hydrogen) atoms. The maximum Gasteiger partial charge on any atom is 0.228 e. The Morgan fingerprint density at radius 3 is 2.33 bits per heavy atom. The molecule has 1 amide bonds. The van der Waals surface area contributed by atoms with Crippen molar-refractivity contribution < 1.29 is 9.53 Å². The number of amides is 1. The van der Waals surface area contributed by atoms with Crippen LogP contribution in [0.5, 0.6) is 5.75 Å². The van der Waals surface area contributed by atoms with Crippen LogP contribution in [0.4, 0.5) is 5.69 Å². The molecule has 3 aromatic carbocycles. The van der Waals surface area contributed by atoms with Crippen LogP contribution in [0.1, 0.15) is 5.56 Å². The third kappa shape index (κ3) is 7.10. The number of hydrogen-bond acceptors (Lipinski definition) is 3. The third-order valence-corrected chi connectivity index (χ3v) is 6.75. The summed E-state index contributed by atoms with van der Waals surface area (Å²) < 4.78 is 4.76. The van der Waals surface area contributed by atoms with Crippen molar-refractivity contribution in [2.75, 3.05) is 12.4 Å². The lowest BCUT2D eigenvalue weighted by Gasteiger charge is -2.28. The van der Waals surface area contributed by atoms with Crippen molar-refractivity contribution in [1.29, 1.82) is 0 Å². The highest BCUT2D eigenvalue weighted by molar-refractivity contribution is 9.11. The van der Waals surface area contributed by atoms with E-state index in [1.54, 1.807) is 19.2 Å². The summed E-state index contributed by atoms with van der Waals surface area (Å²) in [6, 6.07) is 17.2. The minimum atomic E-state index is -1.87. The SMILES string of the molecule is COc1cc(Br)c(NC(=S)N[C@@H](NC(=O)Cc2cccc3ccccc23)C(Cl)(Cl)Cl)c(Br)c1. The molecule has 0 aliphatic rings. The van der Waals surface area contributed by atoms with Crippen LogP contribution in [-0.2, 0) is 11.2 Å². The molecule has 0 aromatic heterocycles. The van der Waals surface area contributed by atoms with Crippen LogP contribution in [0, 0.1) is 0 Å². The van der Waals surface area contributed by atoms with Gasteiger partial charge in [0.2, 0.25) is 9.70 Å². The number of ether oxygens (including phenoxy) is 1. The highest BCUT2D eigenvalue weighted by Gasteiger charge is 2.34. The Kier molecular flexibility index (Phi) is 9.11. The lowest BCUT2D eigenvalue weighted by Crippen LogP contribution is -2.56. The van der Waals surface area contributed by atoms with Crippen LogP contribution in [-0.4, -0.2) is 28.1 Å². The van der Waals surface area contributed by atoms with Crippen molar-refractivity contribution in [3.05, 3.63) is 69.1 Å². The Morgan fingerprint density at radius 1 is 1.06 bits per heavy atom. The number of halogens is 5. The van der Waals surface area contributed by atoms with Crippen LogP contribution in [0.3, 0.4) is 0 Å². The topological polar surface area (TPSA) is 62.4 Å². The fourth-order valence-corrected chi connectivity index (χ4v) is 4.99. The lowest BCUT2D eigenvalue weighted by atomic mass is 10.0. The number of carbonyl (C=O) groups excluding carboxylic acids is 1. The normalized spacial score (nSPS) is 12.2. The summed E-state index contributed by atoms with van der Waals surface area (Å²) in [5.74, 6) is 0.322. The zero-order valence-electron chi connectivity index (χ0n) is 17.1. The molecule has 0 saturated carbocycles. The van der Waals surface area contributed by atoms with Gasteiger partial charge in [-0.15, -0.1) is 0 Å². The maximum absolute atomic E-state index is 12.8. The molecule has 0 saturated heterocycles. The molecule has 174 valence electrons.